The molecule has 0 saturated heterocycles. The highest BCUT2D eigenvalue weighted by molar-refractivity contribution is 5.26. The molecule has 2 aromatic rings. The van der Waals surface area contributed by atoms with Crippen LogP contribution in [-0.4, -0.2) is 4.98 Å². The summed E-state index contributed by atoms with van der Waals surface area (Å²) in [5, 5.41) is 3.59. The van der Waals surface area contributed by atoms with Crippen LogP contribution in [0.25, 0.3) is 0 Å². The van der Waals surface area contributed by atoms with Crippen LogP contribution in [0.4, 0.5) is 0 Å². The fourth-order valence-electron chi connectivity index (χ4n) is 2.75. The number of aromatic nitrogens is 1. The number of fused-ring (bicyclic) bond motifs is 1. The molecule has 0 fully saturated rings. The maximum Gasteiger partial charge on any atom is 0.248 e. The molecule has 0 aliphatic heterocycles. The quantitative estimate of drug-likeness (QED) is 0.884. The zero-order valence-electron chi connectivity index (χ0n) is 10.9. The van der Waals surface area contributed by atoms with E-state index in [-0.39, 0.29) is 5.56 Å². The molecule has 19 heavy (non-hydrogen) atoms. The molecule has 98 valence electrons. The minimum absolute atomic E-state index is 0.00228. The van der Waals surface area contributed by atoms with E-state index in [0.717, 1.165) is 31.5 Å². The van der Waals surface area contributed by atoms with Crippen molar-refractivity contribution in [1.82, 2.24) is 10.3 Å². The Labute approximate surface area is 112 Å². The summed E-state index contributed by atoms with van der Waals surface area (Å²) in [5.74, 6) is 0. The zero-order chi connectivity index (χ0) is 13.1. The van der Waals surface area contributed by atoms with Crippen LogP contribution < -0.4 is 10.9 Å². The first-order valence-corrected chi connectivity index (χ1v) is 6.82. The lowest BCUT2D eigenvalue weighted by molar-refractivity contribution is 0.453. The highest BCUT2D eigenvalue weighted by atomic mass is 16.1. The summed E-state index contributed by atoms with van der Waals surface area (Å²) in [6, 6.07) is 14.3. The van der Waals surface area contributed by atoms with E-state index in [1.165, 1.54) is 11.1 Å². The van der Waals surface area contributed by atoms with Crippen LogP contribution in [0.2, 0.25) is 0 Å². The lowest BCUT2D eigenvalue weighted by Crippen LogP contribution is -2.27. The summed E-state index contributed by atoms with van der Waals surface area (Å²) in [6.45, 7) is 0.865. The highest BCUT2D eigenvalue weighted by Gasteiger charge is 2.19. The van der Waals surface area contributed by atoms with E-state index < -0.39 is 0 Å². The van der Waals surface area contributed by atoms with Gasteiger partial charge in [0.25, 0.3) is 0 Å². The van der Waals surface area contributed by atoms with Crippen LogP contribution in [0.1, 0.15) is 35.7 Å². The first-order chi connectivity index (χ1) is 9.33. The summed E-state index contributed by atoms with van der Waals surface area (Å²) < 4.78 is 0. The molecule has 1 aliphatic rings. The van der Waals surface area contributed by atoms with Gasteiger partial charge in [-0.15, -0.1) is 0 Å². The van der Waals surface area contributed by atoms with Gasteiger partial charge in [-0.3, -0.25) is 4.79 Å². The average molecular weight is 254 g/mol. The summed E-state index contributed by atoms with van der Waals surface area (Å²) in [4.78, 5) is 14.3. The third-order valence-corrected chi connectivity index (χ3v) is 3.73. The molecule has 0 bridgehead atoms. The van der Waals surface area contributed by atoms with Gasteiger partial charge < -0.3 is 10.3 Å². The molecule has 0 amide bonds. The van der Waals surface area contributed by atoms with Crippen molar-refractivity contribution in [2.24, 2.45) is 0 Å². The lowest BCUT2D eigenvalue weighted by atomic mass is 9.91. The van der Waals surface area contributed by atoms with Crippen molar-refractivity contribution in [3.05, 3.63) is 69.6 Å². The largest absolute Gasteiger partial charge is 0.326 e. The van der Waals surface area contributed by atoms with Crippen molar-refractivity contribution in [2.45, 2.75) is 31.8 Å². The maximum absolute atomic E-state index is 11.4. The van der Waals surface area contributed by atoms with Crippen LogP contribution in [0.5, 0.6) is 0 Å². The second-order valence-corrected chi connectivity index (χ2v) is 5.07. The van der Waals surface area contributed by atoms with Crippen molar-refractivity contribution in [3.63, 3.8) is 0 Å². The molecule has 1 aliphatic carbocycles. The van der Waals surface area contributed by atoms with Crippen molar-refractivity contribution in [3.8, 4) is 0 Å². The molecule has 3 heteroatoms. The maximum atomic E-state index is 11.4. The Morgan fingerprint density at radius 3 is 2.84 bits per heavy atom. The van der Waals surface area contributed by atoms with E-state index in [1.807, 2.05) is 12.1 Å². The molecular formula is C16H18N2O. The fourth-order valence-corrected chi connectivity index (χ4v) is 2.75. The monoisotopic (exact) mass is 254 g/mol. The fraction of sp³-hybridized carbons (Fsp3) is 0.312. The topological polar surface area (TPSA) is 44.9 Å². The second-order valence-electron chi connectivity index (χ2n) is 5.07. The number of aryl methyl sites for hydroxylation is 1. The number of rotatable bonds is 3. The van der Waals surface area contributed by atoms with Crippen molar-refractivity contribution >= 4 is 0 Å². The van der Waals surface area contributed by atoms with E-state index in [0.29, 0.717) is 6.04 Å². The molecule has 1 aromatic carbocycles. The van der Waals surface area contributed by atoms with Gasteiger partial charge in [0.15, 0.2) is 0 Å². The standard InChI is InChI=1S/C16H18N2O/c19-16-10-9-13-14(7-4-8-15(13)18-16)17-11-12-5-2-1-3-6-12/h1-3,5-6,9-10,14,17H,4,7-8,11H2,(H,18,19)/t14-/m1/s1. The molecular weight excluding hydrogens is 236 g/mol. The minimum atomic E-state index is 0.00228. The molecule has 0 saturated carbocycles. The number of hydrogen-bond acceptors (Lipinski definition) is 2. The van der Waals surface area contributed by atoms with E-state index in [2.05, 4.69) is 34.6 Å². The summed E-state index contributed by atoms with van der Waals surface area (Å²) in [6.07, 6.45) is 3.24. The third kappa shape index (κ3) is 2.76. The Morgan fingerprint density at radius 1 is 1.16 bits per heavy atom. The van der Waals surface area contributed by atoms with Crippen molar-refractivity contribution in [2.75, 3.05) is 0 Å². The molecule has 1 atom stereocenters. The van der Waals surface area contributed by atoms with Crippen LogP contribution in [0, 0.1) is 0 Å². The van der Waals surface area contributed by atoms with Gasteiger partial charge in [0.05, 0.1) is 0 Å². The van der Waals surface area contributed by atoms with Crippen LogP contribution in [0.3, 0.4) is 0 Å². The summed E-state index contributed by atoms with van der Waals surface area (Å²) in [7, 11) is 0. The SMILES string of the molecule is O=c1ccc2c([nH]1)CCC[C@H]2NCc1ccccc1. The van der Waals surface area contributed by atoms with Gasteiger partial charge in [-0.25, -0.2) is 0 Å². The molecule has 1 heterocycles. The minimum Gasteiger partial charge on any atom is -0.326 e. The molecule has 0 spiro atoms. The Balaban J connectivity index is 1.75. The van der Waals surface area contributed by atoms with Crippen LogP contribution >= 0.6 is 0 Å². The highest BCUT2D eigenvalue weighted by Crippen LogP contribution is 2.27. The predicted molar refractivity (Wildman–Crippen MR) is 76.0 cm³/mol. The number of benzene rings is 1. The smallest absolute Gasteiger partial charge is 0.248 e. The number of nitrogens with one attached hydrogen (secondary N) is 2. The van der Waals surface area contributed by atoms with Gasteiger partial charge in [-0.05, 0) is 30.4 Å². The first-order valence-electron chi connectivity index (χ1n) is 6.82. The first kappa shape index (κ1) is 12.2. The van der Waals surface area contributed by atoms with Crippen LogP contribution in [0.15, 0.2) is 47.3 Å². The van der Waals surface area contributed by atoms with Gasteiger partial charge >= 0.3 is 0 Å². The van der Waals surface area contributed by atoms with Gasteiger partial charge in [0.1, 0.15) is 0 Å². The van der Waals surface area contributed by atoms with Gasteiger partial charge in [0.2, 0.25) is 5.56 Å². The number of pyridine rings is 1. The predicted octanol–water partition coefficient (Wildman–Crippen LogP) is 2.54. The lowest BCUT2D eigenvalue weighted by Gasteiger charge is -2.26. The summed E-state index contributed by atoms with van der Waals surface area (Å²) in [5.41, 5.74) is 3.65. The van der Waals surface area contributed by atoms with E-state index in [4.69, 9.17) is 0 Å². The van der Waals surface area contributed by atoms with E-state index in [9.17, 15) is 4.79 Å². The van der Waals surface area contributed by atoms with Crippen LogP contribution in [-0.2, 0) is 13.0 Å². The van der Waals surface area contributed by atoms with Gasteiger partial charge in [-0.1, -0.05) is 36.4 Å². The zero-order valence-corrected chi connectivity index (χ0v) is 10.9. The molecule has 3 nitrogen and oxygen atoms in total. The number of aromatic amines is 1. The summed E-state index contributed by atoms with van der Waals surface area (Å²) >= 11 is 0. The molecule has 0 radical (unpaired) electrons. The molecule has 3 rings (SSSR count). The molecule has 0 unspecified atom stereocenters. The Bertz CT molecular complexity index is 604. The third-order valence-electron chi connectivity index (χ3n) is 3.73. The van der Waals surface area contributed by atoms with Crippen molar-refractivity contribution < 1.29 is 0 Å². The Morgan fingerprint density at radius 2 is 2.00 bits per heavy atom. The number of hydrogen-bond donors (Lipinski definition) is 2. The molecule has 1 aromatic heterocycles. The second kappa shape index (κ2) is 5.41. The van der Waals surface area contributed by atoms with E-state index >= 15 is 0 Å². The van der Waals surface area contributed by atoms with E-state index in [1.54, 1.807) is 6.07 Å². The van der Waals surface area contributed by atoms with Gasteiger partial charge in [0, 0.05) is 24.3 Å². The average Bonchev–Trinajstić information content (AvgIpc) is 2.45. The Kier molecular flexibility index (Phi) is 3.47. The normalized spacial score (nSPS) is 18.0. The Hall–Kier alpha value is -1.87. The molecule has 2 N–H and O–H groups in total. The number of H-pyrrole nitrogens is 1. The van der Waals surface area contributed by atoms with Gasteiger partial charge in [-0.2, -0.15) is 0 Å². The van der Waals surface area contributed by atoms with Crippen molar-refractivity contribution in [1.29, 1.82) is 0 Å².